The van der Waals surface area contributed by atoms with Gasteiger partial charge in [0, 0.05) is 16.0 Å². The zero-order valence-corrected chi connectivity index (χ0v) is 13.2. The minimum absolute atomic E-state index is 0.719. The molecule has 2 rings (SSSR count). The van der Waals surface area contributed by atoms with Gasteiger partial charge in [-0.25, -0.2) is 0 Å². The van der Waals surface area contributed by atoms with Crippen LogP contribution >= 0.6 is 27.5 Å². The van der Waals surface area contributed by atoms with E-state index in [1.807, 2.05) is 31.2 Å². The summed E-state index contributed by atoms with van der Waals surface area (Å²) in [5, 5.41) is 4.08. The van der Waals surface area contributed by atoms with Crippen LogP contribution in [-0.2, 0) is 6.54 Å². The van der Waals surface area contributed by atoms with Gasteiger partial charge in [-0.15, -0.1) is 0 Å². The average molecular weight is 341 g/mol. The maximum atomic E-state index is 5.99. The maximum absolute atomic E-state index is 5.99. The number of hydrogen-bond donors (Lipinski definition) is 1. The van der Waals surface area contributed by atoms with Crippen LogP contribution in [0.5, 0.6) is 5.75 Å². The highest BCUT2D eigenvalue weighted by atomic mass is 79.9. The van der Waals surface area contributed by atoms with Crippen LogP contribution in [0.1, 0.15) is 11.1 Å². The molecule has 0 amide bonds. The molecule has 2 aromatic carbocycles. The van der Waals surface area contributed by atoms with Crippen LogP contribution in [0.4, 0.5) is 5.69 Å². The van der Waals surface area contributed by atoms with E-state index in [0.29, 0.717) is 0 Å². The summed E-state index contributed by atoms with van der Waals surface area (Å²) < 4.78 is 6.25. The lowest BCUT2D eigenvalue weighted by molar-refractivity contribution is 0.411. The molecule has 100 valence electrons. The molecule has 0 aliphatic carbocycles. The number of anilines is 1. The Morgan fingerprint density at radius 3 is 2.68 bits per heavy atom. The molecule has 0 unspecified atom stereocenters. The first-order valence-corrected chi connectivity index (χ1v) is 7.09. The molecule has 0 aliphatic rings. The molecule has 0 spiro atoms. The van der Waals surface area contributed by atoms with Gasteiger partial charge in [-0.2, -0.15) is 0 Å². The van der Waals surface area contributed by atoms with E-state index < -0.39 is 0 Å². The van der Waals surface area contributed by atoms with Gasteiger partial charge in [0.1, 0.15) is 5.75 Å². The van der Waals surface area contributed by atoms with Crippen LogP contribution in [0.3, 0.4) is 0 Å². The molecule has 4 heteroatoms. The summed E-state index contributed by atoms with van der Waals surface area (Å²) >= 11 is 9.49. The van der Waals surface area contributed by atoms with Gasteiger partial charge in [0.25, 0.3) is 0 Å². The Bertz CT molecular complexity index is 586. The monoisotopic (exact) mass is 339 g/mol. The summed E-state index contributed by atoms with van der Waals surface area (Å²) in [6, 6.07) is 11.8. The van der Waals surface area contributed by atoms with Crippen molar-refractivity contribution >= 4 is 33.2 Å². The highest BCUT2D eigenvalue weighted by Gasteiger charge is 2.03. The Kier molecular flexibility index (Phi) is 4.72. The summed E-state index contributed by atoms with van der Waals surface area (Å²) in [6.45, 7) is 2.78. The maximum Gasteiger partial charge on any atom is 0.121 e. The second-order valence-electron chi connectivity index (χ2n) is 4.28. The van der Waals surface area contributed by atoms with E-state index >= 15 is 0 Å². The van der Waals surface area contributed by atoms with Crippen LogP contribution in [0, 0.1) is 6.92 Å². The highest BCUT2D eigenvalue weighted by molar-refractivity contribution is 9.10. The number of nitrogens with one attached hydrogen (secondary N) is 1. The molecule has 0 radical (unpaired) electrons. The number of halogens is 2. The molecule has 0 aromatic heterocycles. The standard InChI is InChI=1S/C15H15BrClNO/c1-10-7-11(3-6-15(10)19-2)9-18-14-8-12(17)4-5-13(14)16/h3-8,18H,9H2,1-2H3. The third-order valence-corrected chi connectivity index (χ3v) is 3.80. The Labute approximate surface area is 126 Å². The van der Waals surface area contributed by atoms with E-state index in [0.717, 1.165) is 33.0 Å². The molecule has 1 N–H and O–H groups in total. The first-order valence-electron chi connectivity index (χ1n) is 5.92. The van der Waals surface area contributed by atoms with Crippen molar-refractivity contribution in [3.63, 3.8) is 0 Å². The number of hydrogen-bond acceptors (Lipinski definition) is 2. The summed E-state index contributed by atoms with van der Waals surface area (Å²) in [6.07, 6.45) is 0. The van der Waals surface area contributed by atoms with E-state index in [2.05, 4.69) is 33.4 Å². The molecule has 0 bridgehead atoms. The molecule has 0 atom stereocenters. The predicted octanol–water partition coefficient (Wildman–Crippen LogP) is 5.03. The smallest absolute Gasteiger partial charge is 0.121 e. The number of rotatable bonds is 4. The van der Waals surface area contributed by atoms with Crippen LogP contribution in [-0.4, -0.2) is 7.11 Å². The topological polar surface area (TPSA) is 21.3 Å². The Hall–Kier alpha value is -1.19. The SMILES string of the molecule is COc1ccc(CNc2cc(Cl)ccc2Br)cc1C. The molecule has 19 heavy (non-hydrogen) atoms. The van der Waals surface area contributed by atoms with E-state index in [1.165, 1.54) is 5.56 Å². The highest BCUT2D eigenvalue weighted by Crippen LogP contribution is 2.27. The van der Waals surface area contributed by atoms with Crippen molar-refractivity contribution in [2.45, 2.75) is 13.5 Å². The lowest BCUT2D eigenvalue weighted by Crippen LogP contribution is -2.01. The fraction of sp³-hybridized carbons (Fsp3) is 0.200. The van der Waals surface area contributed by atoms with Gasteiger partial charge >= 0.3 is 0 Å². The third kappa shape index (κ3) is 3.64. The fourth-order valence-electron chi connectivity index (χ4n) is 1.88. The van der Waals surface area contributed by atoms with E-state index in [9.17, 15) is 0 Å². The van der Waals surface area contributed by atoms with Crippen LogP contribution in [0.2, 0.25) is 5.02 Å². The zero-order chi connectivity index (χ0) is 13.8. The summed E-state index contributed by atoms with van der Waals surface area (Å²) in [7, 11) is 1.68. The summed E-state index contributed by atoms with van der Waals surface area (Å²) in [5.41, 5.74) is 3.32. The van der Waals surface area contributed by atoms with E-state index in [4.69, 9.17) is 16.3 Å². The number of benzene rings is 2. The van der Waals surface area contributed by atoms with Crippen molar-refractivity contribution in [2.75, 3.05) is 12.4 Å². The Morgan fingerprint density at radius 2 is 2.00 bits per heavy atom. The predicted molar refractivity (Wildman–Crippen MR) is 84.2 cm³/mol. The molecule has 2 aromatic rings. The largest absolute Gasteiger partial charge is 0.496 e. The second-order valence-corrected chi connectivity index (χ2v) is 5.57. The minimum atomic E-state index is 0.719. The van der Waals surface area contributed by atoms with Gasteiger partial charge in [-0.1, -0.05) is 23.7 Å². The molecular weight excluding hydrogens is 326 g/mol. The molecule has 2 nitrogen and oxygen atoms in total. The van der Waals surface area contributed by atoms with Crippen molar-refractivity contribution in [2.24, 2.45) is 0 Å². The van der Waals surface area contributed by atoms with Crippen LogP contribution in [0.25, 0.3) is 0 Å². The second kappa shape index (κ2) is 6.31. The van der Waals surface area contributed by atoms with E-state index in [1.54, 1.807) is 7.11 Å². The van der Waals surface area contributed by atoms with Crippen molar-refractivity contribution in [1.82, 2.24) is 0 Å². The van der Waals surface area contributed by atoms with Gasteiger partial charge in [0.05, 0.1) is 12.8 Å². The quantitative estimate of drug-likeness (QED) is 0.842. The third-order valence-electron chi connectivity index (χ3n) is 2.87. The molecule has 0 saturated heterocycles. The van der Waals surface area contributed by atoms with Crippen molar-refractivity contribution < 1.29 is 4.74 Å². The summed E-state index contributed by atoms with van der Waals surface area (Å²) in [5.74, 6) is 0.910. The van der Waals surface area contributed by atoms with Crippen LogP contribution in [0.15, 0.2) is 40.9 Å². The van der Waals surface area contributed by atoms with Crippen molar-refractivity contribution in [3.8, 4) is 5.75 Å². The Morgan fingerprint density at radius 1 is 1.21 bits per heavy atom. The molecule has 0 fully saturated rings. The molecule has 0 heterocycles. The number of aryl methyl sites for hydroxylation is 1. The lowest BCUT2D eigenvalue weighted by atomic mass is 10.1. The minimum Gasteiger partial charge on any atom is -0.496 e. The first-order chi connectivity index (χ1) is 9.10. The fourth-order valence-corrected chi connectivity index (χ4v) is 2.44. The van der Waals surface area contributed by atoms with Gasteiger partial charge < -0.3 is 10.1 Å². The van der Waals surface area contributed by atoms with Gasteiger partial charge in [0.2, 0.25) is 0 Å². The summed E-state index contributed by atoms with van der Waals surface area (Å²) in [4.78, 5) is 0. The number of ether oxygens (including phenoxy) is 1. The van der Waals surface area contributed by atoms with Crippen LogP contribution < -0.4 is 10.1 Å². The van der Waals surface area contributed by atoms with Crippen molar-refractivity contribution in [3.05, 3.63) is 57.0 Å². The normalized spacial score (nSPS) is 10.3. The lowest BCUT2D eigenvalue weighted by Gasteiger charge is -2.11. The number of methoxy groups -OCH3 is 1. The molecule has 0 saturated carbocycles. The van der Waals surface area contributed by atoms with E-state index in [-0.39, 0.29) is 0 Å². The first kappa shape index (κ1) is 14.2. The van der Waals surface area contributed by atoms with Gasteiger partial charge in [-0.3, -0.25) is 0 Å². The molecule has 0 aliphatic heterocycles. The van der Waals surface area contributed by atoms with Gasteiger partial charge in [0.15, 0.2) is 0 Å². The Balaban J connectivity index is 2.10. The zero-order valence-electron chi connectivity index (χ0n) is 10.8. The average Bonchev–Trinajstić information content (AvgIpc) is 2.40. The molecular formula is C15H15BrClNO. The van der Waals surface area contributed by atoms with Gasteiger partial charge in [-0.05, 0) is 58.2 Å². The van der Waals surface area contributed by atoms with Crippen molar-refractivity contribution in [1.29, 1.82) is 0 Å².